The van der Waals surface area contributed by atoms with Gasteiger partial charge in [0.1, 0.15) is 0 Å². The fourth-order valence-corrected chi connectivity index (χ4v) is 2.21. The number of hydrogen-bond acceptors (Lipinski definition) is 3. The minimum absolute atomic E-state index is 0.0643. The zero-order chi connectivity index (χ0) is 13.2. The van der Waals surface area contributed by atoms with Crippen LogP contribution in [0.1, 0.15) is 43.5 Å². The van der Waals surface area contributed by atoms with Gasteiger partial charge in [0.15, 0.2) is 5.75 Å². The average molecular weight is 248 g/mol. The van der Waals surface area contributed by atoms with Gasteiger partial charge in [0, 0.05) is 5.54 Å². The average Bonchev–Trinajstić information content (AvgIpc) is 2.30. The summed E-state index contributed by atoms with van der Waals surface area (Å²) in [7, 11) is 0. The SMILES string of the molecule is CCOc1c(N)cccc1C(=O)NC1(C)CCC1. The lowest BCUT2D eigenvalue weighted by Crippen LogP contribution is -2.51. The third-order valence-electron chi connectivity index (χ3n) is 3.45. The summed E-state index contributed by atoms with van der Waals surface area (Å²) in [4.78, 5) is 12.3. The maximum absolute atomic E-state index is 12.3. The molecule has 1 aliphatic carbocycles. The Bertz CT molecular complexity index is 453. The Morgan fingerprint density at radius 3 is 2.78 bits per heavy atom. The number of nitrogens with one attached hydrogen (secondary N) is 1. The number of carbonyl (C=O) groups excluding carboxylic acids is 1. The molecule has 1 aliphatic rings. The number of benzene rings is 1. The molecule has 98 valence electrons. The summed E-state index contributed by atoms with van der Waals surface area (Å²) in [6.07, 6.45) is 3.24. The zero-order valence-electron chi connectivity index (χ0n) is 11.0. The van der Waals surface area contributed by atoms with E-state index < -0.39 is 0 Å². The predicted octanol–water partition coefficient (Wildman–Crippen LogP) is 2.34. The largest absolute Gasteiger partial charge is 0.491 e. The van der Waals surface area contributed by atoms with Crippen LogP contribution in [-0.4, -0.2) is 18.1 Å². The number of para-hydroxylation sites is 1. The number of amides is 1. The lowest BCUT2D eigenvalue weighted by Gasteiger charge is -2.39. The minimum Gasteiger partial charge on any atom is -0.491 e. The normalized spacial score (nSPS) is 16.8. The van der Waals surface area contributed by atoms with Gasteiger partial charge in [0.25, 0.3) is 5.91 Å². The molecule has 1 saturated carbocycles. The van der Waals surface area contributed by atoms with Crippen molar-refractivity contribution in [2.24, 2.45) is 0 Å². The van der Waals surface area contributed by atoms with Gasteiger partial charge in [-0.15, -0.1) is 0 Å². The lowest BCUT2D eigenvalue weighted by atomic mass is 9.78. The predicted molar refractivity (Wildman–Crippen MR) is 71.7 cm³/mol. The van der Waals surface area contributed by atoms with E-state index in [0.29, 0.717) is 23.6 Å². The van der Waals surface area contributed by atoms with E-state index in [4.69, 9.17) is 10.5 Å². The van der Waals surface area contributed by atoms with Crippen molar-refractivity contribution in [1.29, 1.82) is 0 Å². The molecular formula is C14H20N2O2. The number of anilines is 1. The van der Waals surface area contributed by atoms with Crippen LogP contribution >= 0.6 is 0 Å². The molecule has 0 unspecified atom stereocenters. The molecule has 0 atom stereocenters. The Hall–Kier alpha value is -1.71. The van der Waals surface area contributed by atoms with Crippen molar-refractivity contribution in [2.75, 3.05) is 12.3 Å². The summed E-state index contributed by atoms with van der Waals surface area (Å²) in [5.41, 5.74) is 6.81. The fourth-order valence-electron chi connectivity index (χ4n) is 2.21. The second kappa shape index (κ2) is 4.88. The zero-order valence-corrected chi connectivity index (χ0v) is 11.0. The minimum atomic E-state index is -0.104. The standard InChI is InChI=1S/C14H20N2O2/c1-3-18-12-10(6-4-7-11(12)15)13(17)16-14(2)8-5-9-14/h4,6-7H,3,5,8-9,15H2,1-2H3,(H,16,17). The van der Waals surface area contributed by atoms with Crippen LogP contribution in [0.3, 0.4) is 0 Å². The summed E-state index contributed by atoms with van der Waals surface area (Å²) in [6, 6.07) is 5.27. The monoisotopic (exact) mass is 248 g/mol. The van der Waals surface area contributed by atoms with Gasteiger partial charge in [-0.2, -0.15) is 0 Å². The van der Waals surface area contributed by atoms with Crippen molar-refractivity contribution in [3.05, 3.63) is 23.8 Å². The van der Waals surface area contributed by atoms with Crippen LogP contribution in [0.15, 0.2) is 18.2 Å². The highest BCUT2D eigenvalue weighted by Crippen LogP contribution is 2.32. The molecule has 1 fully saturated rings. The van der Waals surface area contributed by atoms with Crippen LogP contribution in [0, 0.1) is 0 Å². The van der Waals surface area contributed by atoms with E-state index in [1.54, 1.807) is 18.2 Å². The summed E-state index contributed by atoms with van der Waals surface area (Å²) >= 11 is 0. The van der Waals surface area contributed by atoms with Gasteiger partial charge < -0.3 is 15.8 Å². The Morgan fingerprint density at radius 1 is 1.50 bits per heavy atom. The summed E-state index contributed by atoms with van der Waals surface area (Å²) in [5.74, 6) is 0.383. The first kappa shape index (κ1) is 12.7. The Labute approximate surface area is 108 Å². The molecule has 3 N–H and O–H groups in total. The summed E-state index contributed by atoms with van der Waals surface area (Å²) in [6.45, 7) is 4.44. The van der Waals surface area contributed by atoms with Crippen molar-refractivity contribution in [3.63, 3.8) is 0 Å². The molecule has 0 spiro atoms. The molecule has 18 heavy (non-hydrogen) atoms. The lowest BCUT2D eigenvalue weighted by molar-refractivity contribution is 0.0847. The number of hydrogen-bond donors (Lipinski definition) is 2. The Kier molecular flexibility index (Phi) is 3.45. The first-order valence-corrected chi connectivity index (χ1v) is 6.39. The van der Waals surface area contributed by atoms with Crippen LogP contribution in [0.5, 0.6) is 5.75 Å². The molecule has 0 heterocycles. The van der Waals surface area contributed by atoms with Crippen LogP contribution in [0.4, 0.5) is 5.69 Å². The molecule has 0 radical (unpaired) electrons. The van der Waals surface area contributed by atoms with E-state index in [1.807, 2.05) is 6.92 Å². The summed E-state index contributed by atoms with van der Waals surface area (Å²) < 4.78 is 5.47. The first-order chi connectivity index (χ1) is 8.56. The van der Waals surface area contributed by atoms with Crippen molar-refractivity contribution in [2.45, 2.75) is 38.6 Å². The smallest absolute Gasteiger partial charge is 0.255 e. The van der Waals surface area contributed by atoms with Gasteiger partial charge in [-0.05, 0) is 45.2 Å². The number of ether oxygens (including phenoxy) is 1. The van der Waals surface area contributed by atoms with Gasteiger partial charge in [-0.25, -0.2) is 0 Å². The number of rotatable bonds is 4. The highest BCUT2D eigenvalue weighted by molar-refractivity contribution is 5.99. The van der Waals surface area contributed by atoms with Gasteiger partial charge in [0.05, 0.1) is 17.9 Å². The molecule has 0 bridgehead atoms. The highest BCUT2D eigenvalue weighted by Gasteiger charge is 2.34. The van der Waals surface area contributed by atoms with Gasteiger partial charge in [-0.3, -0.25) is 4.79 Å². The fraction of sp³-hybridized carbons (Fsp3) is 0.500. The molecule has 1 amide bonds. The molecule has 1 aromatic carbocycles. The molecule has 1 aromatic rings. The molecular weight excluding hydrogens is 228 g/mol. The summed E-state index contributed by atoms with van der Waals surface area (Å²) in [5, 5.41) is 3.06. The van der Waals surface area contributed by atoms with E-state index in [-0.39, 0.29) is 11.4 Å². The quantitative estimate of drug-likeness (QED) is 0.804. The molecule has 2 rings (SSSR count). The van der Waals surface area contributed by atoms with Crippen molar-refractivity contribution in [1.82, 2.24) is 5.32 Å². The van der Waals surface area contributed by atoms with Gasteiger partial charge >= 0.3 is 0 Å². The second-order valence-electron chi connectivity index (χ2n) is 5.03. The molecule has 4 heteroatoms. The van der Waals surface area contributed by atoms with E-state index in [1.165, 1.54) is 6.42 Å². The van der Waals surface area contributed by atoms with Gasteiger partial charge in [-0.1, -0.05) is 6.07 Å². The third-order valence-corrected chi connectivity index (χ3v) is 3.45. The molecule has 4 nitrogen and oxygen atoms in total. The molecule has 0 aromatic heterocycles. The highest BCUT2D eigenvalue weighted by atomic mass is 16.5. The van der Waals surface area contributed by atoms with Crippen LogP contribution < -0.4 is 15.8 Å². The van der Waals surface area contributed by atoms with Crippen molar-refractivity contribution in [3.8, 4) is 5.75 Å². The van der Waals surface area contributed by atoms with E-state index in [9.17, 15) is 4.79 Å². The van der Waals surface area contributed by atoms with Crippen LogP contribution in [0.2, 0.25) is 0 Å². The Morgan fingerprint density at radius 2 is 2.22 bits per heavy atom. The van der Waals surface area contributed by atoms with Crippen molar-refractivity contribution < 1.29 is 9.53 Å². The van der Waals surface area contributed by atoms with E-state index >= 15 is 0 Å². The van der Waals surface area contributed by atoms with E-state index in [2.05, 4.69) is 12.2 Å². The number of nitrogens with two attached hydrogens (primary N) is 1. The molecule has 0 saturated heterocycles. The van der Waals surface area contributed by atoms with Gasteiger partial charge in [0.2, 0.25) is 0 Å². The number of nitrogen functional groups attached to an aromatic ring is 1. The second-order valence-corrected chi connectivity index (χ2v) is 5.03. The first-order valence-electron chi connectivity index (χ1n) is 6.39. The van der Waals surface area contributed by atoms with E-state index in [0.717, 1.165) is 12.8 Å². The van der Waals surface area contributed by atoms with Crippen molar-refractivity contribution >= 4 is 11.6 Å². The number of carbonyl (C=O) groups is 1. The molecule has 0 aliphatic heterocycles. The maximum atomic E-state index is 12.3. The maximum Gasteiger partial charge on any atom is 0.255 e. The Balaban J connectivity index is 2.21. The van der Waals surface area contributed by atoms with Crippen LogP contribution in [0.25, 0.3) is 0 Å². The third kappa shape index (κ3) is 2.42. The van der Waals surface area contributed by atoms with Crippen LogP contribution in [-0.2, 0) is 0 Å². The topological polar surface area (TPSA) is 64.3 Å².